The van der Waals surface area contributed by atoms with E-state index in [1.54, 1.807) is 0 Å². The molecule has 0 aromatic heterocycles. The van der Waals surface area contributed by atoms with Gasteiger partial charge in [0.1, 0.15) is 0 Å². The van der Waals surface area contributed by atoms with Crippen LogP contribution in [0.5, 0.6) is 0 Å². The topological polar surface area (TPSA) is 70.0 Å². The number of nitrogens with zero attached hydrogens (tertiary/aromatic N) is 1. The Balaban J connectivity index is 2.63. The molecule has 0 aliphatic rings. The van der Waals surface area contributed by atoms with E-state index in [-0.39, 0.29) is 11.4 Å². The molecule has 0 radical (unpaired) electrons. The van der Waals surface area contributed by atoms with Gasteiger partial charge in [-0.25, -0.2) is 21.9 Å². The number of rotatable bonds is 6. The highest BCUT2D eigenvalue weighted by molar-refractivity contribution is 7.89. The Morgan fingerprint density at radius 1 is 1.22 bits per heavy atom. The molecule has 1 rings (SSSR count). The minimum atomic E-state index is -3.83. The lowest BCUT2D eigenvalue weighted by atomic mass is 10.2. The van der Waals surface area contributed by atoms with Crippen molar-refractivity contribution in [2.24, 2.45) is 0 Å². The fourth-order valence-corrected chi connectivity index (χ4v) is 2.35. The number of halogens is 2. The summed E-state index contributed by atoms with van der Waals surface area (Å²) in [5.41, 5.74) is 0. The smallest absolute Gasteiger partial charge is 0.211 e. The lowest BCUT2D eigenvalue weighted by Gasteiger charge is -2.06. The van der Waals surface area contributed by atoms with Crippen LogP contribution in [0.4, 0.5) is 8.78 Å². The van der Waals surface area contributed by atoms with Gasteiger partial charge in [-0.15, -0.1) is 0 Å². The first-order valence-corrected chi connectivity index (χ1v) is 6.77. The molecule has 7 heteroatoms. The molecule has 0 fully saturated rings. The third kappa shape index (κ3) is 4.05. The summed E-state index contributed by atoms with van der Waals surface area (Å²) in [6.07, 6.45) is 1.44. The summed E-state index contributed by atoms with van der Waals surface area (Å²) >= 11 is 0. The molecule has 0 aliphatic carbocycles. The van der Waals surface area contributed by atoms with Crippen molar-refractivity contribution in [2.45, 2.75) is 24.2 Å². The fourth-order valence-electron chi connectivity index (χ4n) is 1.26. The summed E-state index contributed by atoms with van der Waals surface area (Å²) in [6.45, 7) is 0.156. The van der Waals surface area contributed by atoms with Crippen molar-refractivity contribution >= 4 is 10.0 Å². The molecule has 0 saturated heterocycles. The van der Waals surface area contributed by atoms with Crippen LogP contribution in [0.3, 0.4) is 0 Å². The molecule has 18 heavy (non-hydrogen) atoms. The Morgan fingerprint density at radius 2 is 1.94 bits per heavy atom. The molecule has 98 valence electrons. The maximum absolute atomic E-state index is 12.9. The summed E-state index contributed by atoms with van der Waals surface area (Å²) in [5.74, 6) is -2.30. The van der Waals surface area contributed by atoms with E-state index >= 15 is 0 Å². The van der Waals surface area contributed by atoms with Crippen molar-refractivity contribution < 1.29 is 17.2 Å². The van der Waals surface area contributed by atoms with Gasteiger partial charge in [0.2, 0.25) is 10.0 Å². The van der Waals surface area contributed by atoms with Crippen molar-refractivity contribution in [3.8, 4) is 6.07 Å². The molecule has 0 amide bonds. The lowest BCUT2D eigenvalue weighted by Crippen LogP contribution is -2.25. The van der Waals surface area contributed by atoms with Gasteiger partial charge in [0.15, 0.2) is 11.6 Å². The predicted octanol–water partition coefficient (Wildman–Crippen LogP) is 1.94. The molecule has 0 bridgehead atoms. The molecule has 1 aromatic rings. The molecular formula is C11H12F2N2O2S. The van der Waals surface area contributed by atoms with Gasteiger partial charge in [0.25, 0.3) is 0 Å². The quantitative estimate of drug-likeness (QED) is 0.806. The van der Waals surface area contributed by atoms with Gasteiger partial charge in [-0.1, -0.05) is 0 Å². The molecule has 0 heterocycles. The zero-order valence-electron chi connectivity index (χ0n) is 9.49. The van der Waals surface area contributed by atoms with E-state index in [9.17, 15) is 17.2 Å². The van der Waals surface area contributed by atoms with Crippen LogP contribution in [-0.2, 0) is 10.0 Å². The average Bonchev–Trinajstić information content (AvgIpc) is 2.32. The molecule has 0 atom stereocenters. The molecule has 0 aliphatic heterocycles. The number of unbranched alkanes of at least 4 members (excludes halogenated alkanes) is 2. The number of hydrogen-bond acceptors (Lipinski definition) is 3. The Kier molecular flexibility index (Phi) is 5.19. The highest BCUT2D eigenvalue weighted by Crippen LogP contribution is 2.13. The summed E-state index contributed by atoms with van der Waals surface area (Å²) in [5, 5.41) is 8.29. The first-order valence-electron chi connectivity index (χ1n) is 5.29. The largest absolute Gasteiger partial charge is 0.240 e. The van der Waals surface area contributed by atoms with Crippen LogP contribution >= 0.6 is 0 Å². The number of sulfonamides is 1. The molecule has 1 aromatic carbocycles. The van der Waals surface area contributed by atoms with Gasteiger partial charge >= 0.3 is 0 Å². The van der Waals surface area contributed by atoms with Crippen molar-refractivity contribution in [2.75, 3.05) is 6.54 Å². The Bertz CT molecular complexity index is 553. The minimum Gasteiger partial charge on any atom is -0.211 e. The Labute approximate surface area is 104 Å². The van der Waals surface area contributed by atoms with Crippen LogP contribution in [0.25, 0.3) is 0 Å². The highest BCUT2D eigenvalue weighted by Gasteiger charge is 2.15. The van der Waals surface area contributed by atoms with Gasteiger partial charge in [-0.2, -0.15) is 5.26 Å². The van der Waals surface area contributed by atoms with Crippen molar-refractivity contribution in [1.82, 2.24) is 4.72 Å². The highest BCUT2D eigenvalue weighted by atomic mass is 32.2. The van der Waals surface area contributed by atoms with Crippen molar-refractivity contribution in [1.29, 1.82) is 5.26 Å². The van der Waals surface area contributed by atoms with Crippen LogP contribution in [0.1, 0.15) is 19.3 Å². The monoisotopic (exact) mass is 274 g/mol. The number of nitrogens with one attached hydrogen (secondary N) is 1. The average molecular weight is 274 g/mol. The molecular weight excluding hydrogens is 262 g/mol. The van der Waals surface area contributed by atoms with E-state index < -0.39 is 21.7 Å². The van der Waals surface area contributed by atoms with Crippen LogP contribution < -0.4 is 4.72 Å². The van der Waals surface area contributed by atoms with Gasteiger partial charge in [0.05, 0.1) is 11.0 Å². The maximum atomic E-state index is 12.9. The molecule has 4 nitrogen and oxygen atoms in total. The van der Waals surface area contributed by atoms with Gasteiger partial charge < -0.3 is 0 Å². The van der Waals surface area contributed by atoms with E-state index in [2.05, 4.69) is 4.72 Å². The SMILES string of the molecule is N#CCCCCNS(=O)(=O)c1ccc(F)c(F)c1. The summed E-state index contributed by atoms with van der Waals surface area (Å²) < 4.78 is 51.1. The Hall–Kier alpha value is -1.52. The molecule has 0 unspecified atom stereocenters. The van der Waals surface area contributed by atoms with Crippen molar-refractivity contribution in [3.63, 3.8) is 0 Å². The Morgan fingerprint density at radius 3 is 2.56 bits per heavy atom. The van der Waals surface area contributed by atoms with Gasteiger partial charge in [-0.05, 0) is 31.0 Å². The standard InChI is InChI=1S/C11H12F2N2O2S/c12-10-5-4-9(8-11(10)13)18(16,17)15-7-3-1-2-6-14/h4-5,8,15H,1-3,7H2. The molecule has 0 saturated carbocycles. The second kappa shape index (κ2) is 6.42. The first-order chi connectivity index (χ1) is 8.47. The summed E-state index contributed by atoms with van der Waals surface area (Å²) in [7, 11) is -3.83. The van der Waals surface area contributed by atoms with Crippen LogP contribution in [0, 0.1) is 23.0 Å². The zero-order valence-corrected chi connectivity index (χ0v) is 10.3. The number of nitriles is 1. The third-order valence-electron chi connectivity index (χ3n) is 2.21. The van der Waals surface area contributed by atoms with Crippen LogP contribution in [0.2, 0.25) is 0 Å². The van der Waals surface area contributed by atoms with E-state index in [4.69, 9.17) is 5.26 Å². The minimum absolute atomic E-state index is 0.156. The van der Waals surface area contributed by atoms with Gasteiger partial charge in [0, 0.05) is 13.0 Å². The first kappa shape index (κ1) is 14.5. The van der Waals surface area contributed by atoms with Crippen LogP contribution in [0.15, 0.2) is 23.1 Å². The van der Waals surface area contributed by atoms with Gasteiger partial charge in [-0.3, -0.25) is 0 Å². The predicted molar refractivity (Wildman–Crippen MR) is 61.0 cm³/mol. The zero-order chi connectivity index (χ0) is 13.6. The summed E-state index contributed by atoms with van der Waals surface area (Å²) in [4.78, 5) is -0.318. The molecule has 1 N–H and O–H groups in total. The molecule has 0 spiro atoms. The van der Waals surface area contributed by atoms with E-state index in [1.165, 1.54) is 0 Å². The second-order valence-corrected chi connectivity index (χ2v) is 5.36. The normalized spacial score (nSPS) is 11.2. The number of hydrogen-bond donors (Lipinski definition) is 1. The van der Waals surface area contributed by atoms with Crippen molar-refractivity contribution in [3.05, 3.63) is 29.8 Å². The number of benzene rings is 1. The van der Waals surface area contributed by atoms with E-state index in [1.807, 2.05) is 6.07 Å². The lowest BCUT2D eigenvalue weighted by molar-refractivity contribution is 0.504. The van der Waals surface area contributed by atoms with E-state index in [0.29, 0.717) is 25.3 Å². The summed E-state index contributed by atoms with van der Waals surface area (Å²) in [6, 6.07) is 4.33. The second-order valence-electron chi connectivity index (χ2n) is 3.59. The van der Waals surface area contributed by atoms with E-state index in [0.717, 1.165) is 12.1 Å². The third-order valence-corrected chi connectivity index (χ3v) is 3.67. The fraction of sp³-hybridized carbons (Fsp3) is 0.364. The van der Waals surface area contributed by atoms with Crippen LogP contribution in [-0.4, -0.2) is 15.0 Å². The maximum Gasteiger partial charge on any atom is 0.240 e.